The maximum Gasteiger partial charge on any atom is -0.00264 e. The Balaban J connectivity index is 1.76. The molecule has 7 rings (SSSR count). The number of benzene rings is 6. The van der Waals surface area contributed by atoms with Crippen LogP contribution >= 0.6 is 0 Å². The van der Waals surface area contributed by atoms with Crippen molar-refractivity contribution in [3.63, 3.8) is 0 Å². The van der Waals surface area contributed by atoms with E-state index in [-0.39, 0.29) is 0 Å². The summed E-state index contributed by atoms with van der Waals surface area (Å²) < 4.78 is 0. The zero-order chi connectivity index (χ0) is 18.2. The van der Waals surface area contributed by atoms with Gasteiger partial charge in [-0.2, -0.15) is 0 Å². The fraction of sp³-hybridized carbons (Fsp3) is 0. The molecule has 6 aromatic carbocycles. The maximum atomic E-state index is 2.42. The standard InChI is InChI=1S/C28H16/c1-3-11-20-18(9-1)19-10-2-4-12-21(19)25-16-27-23-14-6-8-17-7-5-13-22(28(17)23)26(27)15-24(20)25/h1-16H. The average Bonchev–Trinajstić information content (AvgIpc) is 3.08. The monoisotopic (exact) mass is 352 g/mol. The van der Waals surface area contributed by atoms with Crippen molar-refractivity contribution in [3.05, 3.63) is 97.1 Å². The minimum Gasteiger partial charge on any atom is -0.0616 e. The Labute approximate surface area is 162 Å². The van der Waals surface area contributed by atoms with Gasteiger partial charge in [0.15, 0.2) is 0 Å². The molecular formula is C28H16. The summed E-state index contributed by atoms with van der Waals surface area (Å²) in [6.45, 7) is 0. The van der Waals surface area contributed by atoms with Crippen molar-refractivity contribution in [1.82, 2.24) is 0 Å². The van der Waals surface area contributed by atoms with Gasteiger partial charge in [0, 0.05) is 0 Å². The van der Waals surface area contributed by atoms with Crippen molar-refractivity contribution >= 4 is 43.1 Å². The normalized spacial score (nSPS) is 12.3. The van der Waals surface area contributed by atoms with E-state index >= 15 is 0 Å². The molecule has 0 amide bonds. The highest BCUT2D eigenvalue weighted by Crippen LogP contribution is 2.50. The summed E-state index contributed by atoms with van der Waals surface area (Å²) in [4.78, 5) is 0. The fourth-order valence-corrected chi connectivity index (χ4v) is 5.19. The van der Waals surface area contributed by atoms with Crippen LogP contribution in [0.25, 0.3) is 65.3 Å². The van der Waals surface area contributed by atoms with Gasteiger partial charge in [0.05, 0.1) is 0 Å². The van der Waals surface area contributed by atoms with E-state index in [4.69, 9.17) is 0 Å². The summed E-state index contributed by atoms with van der Waals surface area (Å²) >= 11 is 0. The van der Waals surface area contributed by atoms with Crippen LogP contribution in [0.15, 0.2) is 97.1 Å². The molecule has 0 aliphatic heterocycles. The first-order valence-electron chi connectivity index (χ1n) is 9.80. The summed E-state index contributed by atoms with van der Waals surface area (Å²) in [5, 5.41) is 10.7. The molecule has 0 heteroatoms. The Morgan fingerprint density at radius 2 is 0.750 bits per heavy atom. The summed E-state index contributed by atoms with van der Waals surface area (Å²) in [6.07, 6.45) is 0. The van der Waals surface area contributed by atoms with E-state index in [1.165, 1.54) is 65.3 Å². The van der Waals surface area contributed by atoms with Gasteiger partial charge in [-0.3, -0.25) is 0 Å². The van der Waals surface area contributed by atoms with Crippen LogP contribution in [0.3, 0.4) is 0 Å². The topological polar surface area (TPSA) is 0 Å². The van der Waals surface area contributed by atoms with E-state index < -0.39 is 0 Å². The molecule has 0 aromatic heterocycles. The smallest absolute Gasteiger partial charge is 0.00264 e. The van der Waals surface area contributed by atoms with E-state index in [0.29, 0.717) is 0 Å². The average molecular weight is 352 g/mol. The Morgan fingerprint density at radius 3 is 1.21 bits per heavy atom. The highest BCUT2D eigenvalue weighted by molar-refractivity contribution is 6.28. The van der Waals surface area contributed by atoms with Gasteiger partial charge >= 0.3 is 0 Å². The number of rotatable bonds is 0. The summed E-state index contributed by atoms with van der Waals surface area (Å²) in [5.41, 5.74) is 5.45. The first-order valence-corrected chi connectivity index (χ1v) is 9.80. The van der Waals surface area contributed by atoms with E-state index in [0.717, 1.165) is 0 Å². The van der Waals surface area contributed by atoms with Gasteiger partial charge in [0.1, 0.15) is 0 Å². The Hall–Kier alpha value is -3.64. The van der Waals surface area contributed by atoms with Crippen LogP contribution in [0, 0.1) is 0 Å². The van der Waals surface area contributed by atoms with Crippen molar-refractivity contribution < 1.29 is 0 Å². The van der Waals surface area contributed by atoms with Crippen LogP contribution in [0.2, 0.25) is 0 Å². The van der Waals surface area contributed by atoms with Gasteiger partial charge in [0.2, 0.25) is 0 Å². The van der Waals surface area contributed by atoms with Gasteiger partial charge < -0.3 is 0 Å². The van der Waals surface area contributed by atoms with Crippen molar-refractivity contribution in [2.75, 3.05) is 0 Å². The van der Waals surface area contributed by atoms with E-state index in [2.05, 4.69) is 97.1 Å². The van der Waals surface area contributed by atoms with Crippen LogP contribution in [0.4, 0.5) is 0 Å². The van der Waals surface area contributed by atoms with Gasteiger partial charge in [0.25, 0.3) is 0 Å². The van der Waals surface area contributed by atoms with Crippen molar-refractivity contribution in [2.45, 2.75) is 0 Å². The van der Waals surface area contributed by atoms with Crippen LogP contribution < -0.4 is 0 Å². The molecule has 0 nitrogen and oxygen atoms in total. The first-order chi connectivity index (χ1) is 13.9. The SMILES string of the molecule is c1cc2c3c(cccc3c1)-c1cc3c4ccccc4c4ccccc4c3cc1-2. The van der Waals surface area contributed by atoms with E-state index in [1.807, 2.05) is 0 Å². The number of fused-ring (bicyclic) bond motifs is 9. The van der Waals surface area contributed by atoms with Gasteiger partial charge in [-0.05, 0) is 77.5 Å². The van der Waals surface area contributed by atoms with Gasteiger partial charge in [-0.25, -0.2) is 0 Å². The van der Waals surface area contributed by atoms with Crippen molar-refractivity contribution in [2.24, 2.45) is 0 Å². The third-order valence-electron chi connectivity index (χ3n) is 6.37. The molecule has 28 heavy (non-hydrogen) atoms. The first kappa shape index (κ1) is 14.4. The molecular weight excluding hydrogens is 336 g/mol. The lowest BCUT2D eigenvalue weighted by molar-refractivity contribution is 1.75. The highest BCUT2D eigenvalue weighted by Gasteiger charge is 2.22. The molecule has 0 heterocycles. The number of hydrogen-bond acceptors (Lipinski definition) is 0. The molecule has 0 saturated heterocycles. The van der Waals surface area contributed by atoms with Crippen LogP contribution in [-0.4, -0.2) is 0 Å². The molecule has 1 aliphatic carbocycles. The molecule has 1 aliphatic rings. The minimum atomic E-state index is 1.32. The molecule has 6 aromatic rings. The maximum absolute atomic E-state index is 2.42. The molecule has 0 N–H and O–H groups in total. The zero-order valence-corrected chi connectivity index (χ0v) is 15.2. The van der Waals surface area contributed by atoms with Crippen molar-refractivity contribution in [3.8, 4) is 22.3 Å². The largest absolute Gasteiger partial charge is 0.0616 e. The van der Waals surface area contributed by atoms with Crippen LogP contribution in [0.5, 0.6) is 0 Å². The summed E-state index contributed by atoms with van der Waals surface area (Å²) in [6, 6.07) is 35.8. The molecule has 0 radical (unpaired) electrons. The number of hydrogen-bond donors (Lipinski definition) is 0. The predicted octanol–water partition coefficient (Wildman–Crippen LogP) is 7.95. The molecule has 0 unspecified atom stereocenters. The molecule has 128 valence electrons. The van der Waals surface area contributed by atoms with Gasteiger partial charge in [-0.15, -0.1) is 0 Å². The second kappa shape index (κ2) is 4.99. The highest BCUT2D eigenvalue weighted by atomic mass is 14.3. The Morgan fingerprint density at radius 1 is 0.321 bits per heavy atom. The Kier molecular flexibility index (Phi) is 2.57. The second-order valence-corrected chi connectivity index (χ2v) is 7.74. The van der Waals surface area contributed by atoms with Gasteiger partial charge in [-0.1, -0.05) is 84.9 Å². The van der Waals surface area contributed by atoms with E-state index in [1.54, 1.807) is 0 Å². The quantitative estimate of drug-likeness (QED) is 0.243. The third kappa shape index (κ3) is 1.66. The Bertz CT molecular complexity index is 1480. The van der Waals surface area contributed by atoms with Crippen molar-refractivity contribution in [1.29, 1.82) is 0 Å². The lowest BCUT2D eigenvalue weighted by Gasteiger charge is -2.13. The van der Waals surface area contributed by atoms with Crippen LogP contribution in [-0.2, 0) is 0 Å². The lowest BCUT2D eigenvalue weighted by Crippen LogP contribution is -1.85. The second-order valence-electron chi connectivity index (χ2n) is 7.74. The fourth-order valence-electron chi connectivity index (χ4n) is 5.19. The molecule has 0 saturated carbocycles. The van der Waals surface area contributed by atoms with E-state index in [9.17, 15) is 0 Å². The molecule has 0 bridgehead atoms. The van der Waals surface area contributed by atoms with Crippen LogP contribution in [0.1, 0.15) is 0 Å². The third-order valence-corrected chi connectivity index (χ3v) is 6.37. The summed E-state index contributed by atoms with van der Waals surface area (Å²) in [5.74, 6) is 0. The molecule has 0 atom stereocenters. The summed E-state index contributed by atoms with van der Waals surface area (Å²) in [7, 11) is 0. The zero-order valence-electron chi connectivity index (χ0n) is 15.2. The lowest BCUT2D eigenvalue weighted by atomic mass is 9.90. The minimum absolute atomic E-state index is 1.32. The molecule has 0 fully saturated rings. The predicted molar refractivity (Wildman–Crippen MR) is 121 cm³/mol. The molecule has 0 spiro atoms.